The van der Waals surface area contributed by atoms with Gasteiger partial charge in [-0.25, -0.2) is 19.6 Å². The molecular formula is C51H61BrN10O6S2. The summed E-state index contributed by atoms with van der Waals surface area (Å²) in [6, 6.07) is 12.3. The number of halogens is 1. The van der Waals surface area contributed by atoms with Crippen molar-refractivity contribution < 1.29 is 28.7 Å². The minimum absolute atomic E-state index is 0.00887. The quantitative estimate of drug-likeness (QED) is 0.109. The molecule has 19 heteroatoms. The molecule has 2 N–H and O–H groups in total. The Balaban J connectivity index is 0.000000157. The summed E-state index contributed by atoms with van der Waals surface area (Å²) in [4.78, 5) is 71.8. The predicted octanol–water partition coefficient (Wildman–Crippen LogP) is 7.35. The third kappa shape index (κ3) is 14.8. The van der Waals surface area contributed by atoms with Crippen molar-refractivity contribution >= 4 is 80.2 Å². The van der Waals surface area contributed by atoms with Crippen LogP contribution in [0.3, 0.4) is 0 Å². The summed E-state index contributed by atoms with van der Waals surface area (Å²) in [6.07, 6.45) is 16.5. The summed E-state index contributed by atoms with van der Waals surface area (Å²) in [6.45, 7) is 16.2. The molecule has 10 heterocycles. The van der Waals surface area contributed by atoms with E-state index in [9.17, 15) is 19.2 Å². The van der Waals surface area contributed by atoms with Gasteiger partial charge in [-0.2, -0.15) is 0 Å². The zero-order chi connectivity index (χ0) is 48.7. The maximum atomic E-state index is 12.7. The number of urea groups is 2. The average Bonchev–Trinajstić information content (AvgIpc) is 4.12. The van der Waals surface area contributed by atoms with Crippen molar-refractivity contribution in [3.05, 3.63) is 132 Å². The zero-order valence-electron chi connectivity index (χ0n) is 39.4. The first-order chi connectivity index (χ1) is 34.1. The molecule has 0 atom stereocenters. The molecule has 2 fully saturated rings. The number of rotatable bonds is 12. The van der Waals surface area contributed by atoms with Crippen LogP contribution in [0.2, 0.25) is 0 Å². The van der Waals surface area contributed by atoms with Gasteiger partial charge in [-0.15, -0.1) is 22.7 Å². The van der Waals surface area contributed by atoms with E-state index < -0.39 is 0 Å². The molecule has 6 amide bonds. The Labute approximate surface area is 426 Å². The summed E-state index contributed by atoms with van der Waals surface area (Å²) < 4.78 is 11.6. The van der Waals surface area contributed by atoms with Gasteiger partial charge in [0.25, 0.3) is 0 Å². The number of fused-ring (bicyclic) bond motifs is 2. The molecule has 0 radical (unpaired) electrons. The van der Waals surface area contributed by atoms with Gasteiger partial charge in [0.2, 0.25) is 11.8 Å². The van der Waals surface area contributed by atoms with Gasteiger partial charge in [0.05, 0.1) is 46.2 Å². The third-order valence-corrected chi connectivity index (χ3v) is 14.9. The molecule has 0 unspecified atom stereocenters. The van der Waals surface area contributed by atoms with Crippen molar-refractivity contribution in [1.82, 2.24) is 39.4 Å². The molecule has 10 rings (SSSR count). The summed E-state index contributed by atoms with van der Waals surface area (Å²) >= 11 is 6.97. The fraction of sp³-hybridized carbons (Fsp3) is 0.412. The first-order valence-corrected chi connectivity index (χ1v) is 26.3. The highest BCUT2D eigenvalue weighted by Crippen LogP contribution is 2.26. The van der Waals surface area contributed by atoms with Crippen LogP contribution in [0.4, 0.5) is 21.2 Å². The predicted molar refractivity (Wildman–Crippen MR) is 279 cm³/mol. The molecule has 16 nitrogen and oxygen atoms in total. The number of carbonyl (C=O) groups is 4. The van der Waals surface area contributed by atoms with E-state index in [1.807, 2.05) is 32.9 Å². The van der Waals surface area contributed by atoms with Crippen LogP contribution in [0.5, 0.6) is 0 Å². The molecule has 0 bridgehead atoms. The lowest BCUT2D eigenvalue weighted by Gasteiger charge is -2.35. The van der Waals surface area contributed by atoms with Crippen molar-refractivity contribution in [1.29, 1.82) is 0 Å². The molecule has 0 aromatic carbocycles. The number of anilines is 2. The van der Waals surface area contributed by atoms with E-state index in [2.05, 4.69) is 100 Å². The highest BCUT2D eigenvalue weighted by atomic mass is 79.9. The van der Waals surface area contributed by atoms with E-state index in [1.54, 1.807) is 46.0 Å². The number of thiophene rings is 2. The van der Waals surface area contributed by atoms with Gasteiger partial charge in [-0.3, -0.25) is 30.0 Å². The van der Waals surface area contributed by atoms with Gasteiger partial charge in [0.1, 0.15) is 11.6 Å². The van der Waals surface area contributed by atoms with Gasteiger partial charge >= 0.3 is 12.1 Å². The van der Waals surface area contributed by atoms with Crippen molar-refractivity contribution in [2.45, 2.75) is 38.8 Å². The summed E-state index contributed by atoms with van der Waals surface area (Å²) in [7, 11) is 0. The third-order valence-electron chi connectivity index (χ3n) is 12.7. The van der Waals surface area contributed by atoms with Crippen LogP contribution in [-0.4, -0.2) is 162 Å². The lowest BCUT2D eigenvalue weighted by molar-refractivity contribution is -0.126. The Morgan fingerprint density at radius 3 is 1.84 bits per heavy atom. The Bertz CT molecular complexity index is 2520. The molecule has 0 aliphatic carbocycles. The summed E-state index contributed by atoms with van der Waals surface area (Å²) in [5.74, 6) is 1.30. The molecule has 2 saturated heterocycles. The van der Waals surface area contributed by atoms with E-state index in [4.69, 9.17) is 9.47 Å². The lowest BCUT2D eigenvalue weighted by atomic mass is 10.0. The zero-order valence-corrected chi connectivity index (χ0v) is 42.7. The van der Waals surface area contributed by atoms with Crippen molar-refractivity contribution in [3.63, 3.8) is 0 Å². The average molecular weight is 1050 g/mol. The molecule has 370 valence electrons. The standard InChI is InChI=1S/C26H31N5O3S.C13H15NOS.C12H15BrN4O2/c32-24(30-7-5-20(6-8-30)17-23-2-1-15-35-23)4-3-21-16-22-19-31(26(33)28-25(22)27-18-21)10-9-29-11-13-34-14-12-29;1-2-13(15)14-7-5-11(6-8-14)10-12-4-3-9-16-12;13-10-5-9-7-17(8-16-1-3-19-4-2-16)12(18)15-11(9)14-6-10/h1-5,15-16,18H,6-14,17,19H2,(H,27,28,33);2-5,9H,1,6-8,10H2;5-6H,1-4,7-8H2,(H,14,15,18)/b4-3+;;. The number of nitrogens with zero attached hydrogens (tertiary/aromatic N) is 8. The van der Waals surface area contributed by atoms with Gasteiger partial charge in [0.15, 0.2) is 0 Å². The van der Waals surface area contributed by atoms with Crippen LogP contribution < -0.4 is 10.6 Å². The number of carbonyl (C=O) groups excluding carboxylic acids is 4. The number of hydrogen-bond donors (Lipinski definition) is 2. The summed E-state index contributed by atoms with van der Waals surface area (Å²) in [5.41, 5.74) is 5.69. The minimum atomic E-state index is -0.117. The fourth-order valence-corrected chi connectivity index (χ4v) is 10.6. The SMILES string of the molecule is C=CC(=O)N1CC=C(Cc2cccs2)CC1.O=C(/C=C/c1cnc2c(c1)CN(CCN1CCOCC1)C(=O)N2)N1CC=C(Cc2cccs2)CC1.O=C1Nc2ncc(Br)cc2CN1CN1CCOCC1. The van der Waals surface area contributed by atoms with Crippen LogP contribution >= 0.6 is 38.6 Å². The number of morpholine rings is 2. The Hall–Kier alpha value is -5.54. The van der Waals surface area contributed by atoms with Gasteiger partial charge in [0, 0.05) is 122 Å². The van der Waals surface area contributed by atoms with Crippen LogP contribution in [0, 0.1) is 0 Å². The second-order valence-electron chi connectivity index (χ2n) is 17.6. The normalized spacial score (nSPS) is 18.5. The number of pyridine rings is 2. The van der Waals surface area contributed by atoms with Crippen LogP contribution in [0.25, 0.3) is 6.08 Å². The molecule has 70 heavy (non-hydrogen) atoms. The van der Waals surface area contributed by atoms with Crippen molar-refractivity contribution in [2.75, 3.05) is 109 Å². The van der Waals surface area contributed by atoms with E-state index in [0.29, 0.717) is 44.5 Å². The summed E-state index contributed by atoms with van der Waals surface area (Å²) in [5, 5.41) is 9.92. The smallest absolute Gasteiger partial charge is 0.324 e. The Morgan fingerprint density at radius 1 is 0.714 bits per heavy atom. The van der Waals surface area contributed by atoms with Crippen LogP contribution in [0.15, 0.2) is 106 Å². The first kappa shape index (κ1) is 50.8. The van der Waals surface area contributed by atoms with E-state index in [1.165, 1.54) is 27.0 Å². The van der Waals surface area contributed by atoms with E-state index in [-0.39, 0.29) is 23.9 Å². The second kappa shape index (κ2) is 25.5. The molecule has 6 aliphatic rings. The maximum Gasteiger partial charge on any atom is 0.324 e. The van der Waals surface area contributed by atoms with Crippen LogP contribution in [-0.2, 0) is 45.0 Å². The molecule has 6 aliphatic heterocycles. The number of aromatic nitrogens is 2. The minimum Gasteiger partial charge on any atom is -0.379 e. The largest absolute Gasteiger partial charge is 0.379 e. The molecule has 4 aromatic rings. The fourth-order valence-electron chi connectivity index (χ4n) is 8.67. The van der Waals surface area contributed by atoms with Crippen molar-refractivity contribution in [2.24, 2.45) is 0 Å². The first-order valence-electron chi connectivity index (χ1n) is 23.8. The number of amides is 6. The Kier molecular flexibility index (Phi) is 18.5. The van der Waals surface area contributed by atoms with Crippen molar-refractivity contribution in [3.8, 4) is 0 Å². The monoisotopic (exact) mass is 1050 g/mol. The molecule has 0 spiro atoms. The van der Waals surface area contributed by atoms with E-state index in [0.717, 1.165) is 126 Å². The highest BCUT2D eigenvalue weighted by molar-refractivity contribution is 9.10. The molecule has 0 saturated carbocycles. The van der Waals surface area contributed by atoms with Gasteiger partial charge in [-0.05, 0) is 81.5 Å². The number of ether oxygens (including phenoxy) is 2. The van der Waals surface area contributed by atoms with Gasteiger partial charge < -0.3 is 29.1 Å². The van der Waals surface area contributed by atoms with Gasteiger partial charge in [-0.1, -0.05) is 42.0 Å². The molecular weight excluding hydrogens is 993 g/mol. The lowest BCUT2D eigenvalue weighted by Crippen LogP contribution is -2.48. The number of nitrogens with one attached hydrogen (secondary N) is 2. The highest BCUT2D eigenvalue weighted by Gasteiger charge is 2.27. The maximum absolute atomic E-state index is 12.7. The topological polar surface area (TPSA) is 156 Å². The second-order valence-corrected chi connectivity index (χ2v) is 20.6. The van der Waals surface area contributed by atoms with Crippen LogP contribution in [0.1, 0.15) is 39.3 Å². The molecule has 4 aromatic heterocycles. The van der Waals surface area contributed by atoms with E-state index >= 15 is 0 Å². The Morgan fingerprint density at radius 2 is 1.27 bits per heavy atom. The number of hydrogen-bond acceptors (Lipinski definition) is 12.